The van der Waals surface area contributed by atoms with Crippen molar-refractivity contribution in [3.8, 4) is 5.75 Å². The van der Waals surface area contributed by atoms with E-state index in [-0.39, 0.29) is 6.04 Å². The highest BCUT2D eigenvalue weighted by Crippen LogP contribution is 2.26. The van der Waals surface area contributed by atoms with Crippen molar-refractivity contribution in [1.82, 2.24) is 14.5 Å². The largest absolute Gasteiger partial charge is 0.497 e. The van der Waals surface area contributed by atoms with E-state index < -0.39 is 0 Å². The van der Waals surface area contributed by atoms with E-state index in [1.807, 2.05) is 18.2 Å². The molecule has 0 spiro atoms. The second-order valence-corrected chi connectivity index (χ2v) is 5.03. The van der Waals surface area contributed by atoms with Crippen LogP contribution in [0.2, 0.25) is 0 Å². The highest BCUT2D eigenvalue weighted by molar-refractivity contribution is 5.80. The summed E-state index contributed by atoms with van der Waals surface area (Å²) in [6.07, 6.45) is 0. The van der Waals surface area contributed by atoms with Crippen LogP contribution in [0.15, 0.2) is 18.2 Å². The van der Waals surface area contributed by atoms with Crippen LogP contribution in [-0.2, 0) is 0 Å². The fourth-order valence-electron chi connectivity index (χ4n) is 2.62. The number of benzene rings is 1. The summed E-state index contributed by atoms with van der Waals surface area (Å²) in [6.45, 7) is 9.59. The molecule has 0 saturated heterocycles. The Kier molecular flexibility index (Phi) is 4.49. The minimum Gasteiger partial charge on any atom is -0.497 e. The van der Waals surface area contributed by atoms with Gasteiger partial charge in [-0.1, -0.05) is 13.8 Å². The first-order chi connectivity index (χ1) is 9.60. The molecule has 0 bridgehead atoms. The number of nitrogen functional groups attached to an aromatic ring is 1. The van der Waals surface area contributed by atoms with Crippen molar-refractivity contribution in [3.63, 3.8) is 0 Å². The van der Waals surface area contributed by atoms with E-state index in [2.05, 4.69) is 35.2 Å². The highest BCUT2D eigenvalue weighted by atomic mass is 16.5. The molecule has 0 saturated carbocycles. The fraction of sp³-hybridized carbons (Fsp3) is 0.533. The highest BCUT2D eigenvalue weighted by Gasteiger charge is 2.16. The lowest BCUT2D eigenvalue weighted by Crippen LogP contribution is -2.29. The number of aromatic nitrogens is 2. The van der Waals surface area contributed by atoms with E-state index in [1.165, 1.54) is 0 Å². The van der Waals surface area contributed by atoms with Gasteiger partial charge in [-0.2, -0.15) is 0 Å². The third-order valence-electron chi connectivity index (χ3n) is 3.78. The molecule has 0 aliphatic rings. The Labute approximate surface area is 120 Å². The Bertz CT molecular complexity index is 575. The Hall–Kier alpha value is -1.75. The Morgan fingerprint density at radius 2 is 2.05 bits per heavy atom. The quantitative estimate of drug-likeness (QED) is 0.881. The third-order valence-corrected chi connectivity index (χ3v) is 3.78. The molecule has 5 heteroatoms. The summed E-state index contributed by atoms with van der Waals surface area (Å²) < 4.78 is 7.34. The molecular formula is C15H24N4O. The number of anilines is 1. The first-order valence-electron chi connectivity index (χ1n) is 7.14. The predicted molar refractivity (Wildman–Crippen MR) is 83.2 cm³/mol. The number of hydrogen-bond donors (Lipinski definition) is 1. The van der Waals surface area contributed by atoms with Gasteiger partial charge in [0.1, 0.15) is 5.75 Å². The zero-order chi connectivity index (χ0) is 14.7. The molecule has 5 nitrogen and oxygen atoms in total. The molecular weight excluding hydrogens is 252 g/mol. The van der Waals surface area contributed by atoms with Crippen LogP contribution in [-0.4, -0.2) is 41.2 Å². The third kappa shape index (κ3) is 2.72. The van der Waals surface area contributed by atoms with Gasteiger partial charge in [-0.25, -0.2) is 4.98 Å². The second-order valence-electron chi connectivity index (χ2n) is 5.03. The Morgan fingerprint density at radius 3 is 2.65 bits per heavy atom. The van der Waals surface area contributed by atoms with E-state index >= 15 is 0 Å². The maximum Gasteiger partial charge on any atom is 0.201 e. The van der Waals surface area contributed by atoms with Crippen LogP contribution in [0.4, 0.5) is 5.95 Å². The topological polar surface area (TPSA) is 56.3 Å². The lowest BCUT2D eigenvalue weighted by atomic mass is 10.2. The minimum atomic E-state index is 0.285. The van der Waals surface area contributed by atoms with Crippen LogP contribution in [0.3, 0.4) is 0 Å². The van der Waals surface area contributed by atoms with Gasteiger partial charge in [-0.05, 0) is 32.1 Å². The Balaban J connectivity index is 2.35. The molecule has 0 amide bonds. The molecule has 20 heavy (non-hydrogen) atoms. The van der Waals surface area contributed by atoms with Gasteiger partial charge < -0.3 is 19.9 Å². The second kappa shape index (κ2) is 6.13. The standard InChI is InChI=1S/C15H24N4O/c1-5-18(6-2)10-11(3)19-14-8-7-12(20-4)9-13(14)17-15(19)16/h7-9,11H,5-6,10H2,1-4H3,(H2,16,17). The van der Waals surface area contributed by atoms with Crippen molar-refractivity contribution in [3.05, 3.63) is 18.2 Å². The number of hydrogen-bond acceptors (Lipinski definition) is 4. The summed E-state index contributed by atoms with van der Waals surface area (Å²) in [5, 5.41) is 0. The monoisotopic (exact) mass is 276 g/mol. The van der Waals surface area contributed by atoms with Crippen molar-refractivity contribution >= 4 is 17.0 Å². The Morgan fingerprint density at radius 1 is 1.35 bits per heavy atom. The number of likely N-dealkylation sites (N-methyl/N-ethyl adjacent to an activating group) is 1. The first-order valence-corrected chi connectivity index (χ1v) is 7.14. The van der Waals surface area contributed by atoms with Gasteiger partial charge in [0.15, 0.2) is 0 Å². The van der Waals surface area contributed by atoms with Gasteiger partial charge in [0.2, 0.25) is 5.95 Å². The van der Waals surface area contributed by atoms with Gasteiger partial charge in [0, 0.05) is 18.7 Å². The average molecular weight is 276 g/mol. The number of imidazole rings is 1. The van der Waals surface area contributed by atoms with Crippen molar-refractivity contribution in [2.45, 2.75) is 26.8 Å². The van der Waals surface area contributed by atoms with Gasteiger partial charge in [0.05, 0.1) is 18.1 Å². The van der Waals surface area contributed by atoms with Gasteiger partial charge in [-0.3, -0.25) is 0 Å². The first kappa shape index (κ1) is 14.7. The molecule has 0 aliphatic heterocycles. The summed E-state index contributed by atoms with van der Waals surface area (Å²) in [7, 11) is 1.66. The lowest BCUT2D eigenvalue weighted by molar-refractivity contribution is 0.264. The van der Waals surface area contributed by atoms with Gasteiger partial charge in [0.25, 0.3) is 0 Å². The number of fused-ring (bicyclic) bond motifs is 1. The van der Waals surface area contributed by atoms with Crippen LogP contribution in [0.5, 0.6) is 5.75 Å². The van der Waals surface area contributed by atoms with Crippen molar-refractivity contribution < 1.29 is 4.74 Å². The van der Waals surface area contributed by atoms with Crippen LogP contribution < -0.4 is 10.5 Å². The SMILES string of the molecule is CCN(CC)CC(C)n1c(N)nc2cc(OC)ccc21. The molecule has 1 heterocycles. The maximum atomic E-state index is 6.10. The number of rotatable bonds is 6. The summed E-state index contributed by atoms with van der Waals surface area (Å²) in [6, 6.07) is 6.18. The van der Waals surface area contributed by atoms with Gasteiger partial charge in [-0.15, -0.1) is 0 Å². The molecule has 0 aliphatic carbocycles. The van der Waals surface area contributed by atoms with E-state index in [0.29, 0.717) is 5.95 Å². The molecule has 2 aromatic rings. The van der Waals surface area contributed by atoms with Crippen molar-refractivity contribution in [2.75, 3.05) is 32.5 Å². The summed E-state index contributed by atoms with van der Waals surface area (Å²) >= 11 is 0. The van der Waals surface area contributed by atoms with E-state index in [9.17, 15) is 0 Å². The fourth-order valence-corrected chi connectivity index (χ4v) is 2.62. The molecule has 1 aromatic heterocycles. The van der Waals surface area contributed by atoms with Gasteiger partial charge >= 0.3 is 0 Å². The molecule has 0 fully saturated rings. The molecule has 1 unspecified atom stereocenters. The van der Waals surface area contributed by atoms with E-state index in [1.54, 1.807) is 7.11 Å². The van der Waals surface area contributed by atoms with Crippen LogP contribution in [0.1, 0.15) is 26.8 Å². The number of ether oxygens (including phenoxy) is 1. The average Bonchev–Trinajstić information content (AvgIpc) is 2.79. The molecule has 1 aromatic carbocycles. The predicted octanol–water partition coefficient (Wildman–Crippen LogP) is 2.53. The van der Waals surface area contributed by atoms with E-state index in [4.69, 9.17) is 10.5 Å². The maximum absolute atomic E-state index is 6.10. The summed E-state index contributed by atoms with van der Waals surface area (Å²) in [5.41, 5.74) is 8.04. The van der Waals surface area contributed by atoms with E-state index in [0.717, 1.165) is 36.4 Å². The summed E-state index contributed by atoms with van der Waals surface area (Å²) in [5.74, 6) is 1.37. The summed E-state index contributed by atoms with van der Waals surface area (Å²) in [4.78, 5) is 6.83. The van der Waals surface area contributed by atoms with Crippen LogP contribution in [0, 0.1) is 0 Å². The number of methoxy groups -OCH3 is 1. The minimum absolute atomic E-state index is 0.285. The number of nitrogens with two attached hydrogens (primary N) is 1. The van der Waals surface area contributed by atoms with Crippen LogP contribution in [0.25, 0.3) is 11.0 Å². The normalized spacial score (nSPS) is 13.1. The number of nitrogens with zero attached hydrogens (tertiary/aromatic N) is 3. The molecule has 2 N–H and O–H groups in total. The molecule has 1 atom stereocenters. The smallest absolute Gasteiger partial charge is 0.201 e. The van der Waals surface area contributed by atoms with Crippen molar-refractivity contribution in [1.29, 1.82) is 0 Å². The zero-order valence-corrected chi connectivity index (χ0v) is 12.8. The molecule has 0 radical (unpaired) electrons. The molecule has 2 rings (SSSR count). The zero-order valence-electron chi connectivity index (χ0n) is 12.8. The van der Waals surface area contributed by atoms with Crippen molar-refractivity contribution in [2.24, 2.45) is 0 Å². The lowest BCUT2D eigenvalue weighted by Gasteiger charge is -2.24. The molecule has 110 valence electrons. The van der Waals surface area contributed by atoms with Crippen LogP contribution >= 0.6 is 0 Å².